The Kier molecular flexibility index (Phi) is 4.04. The third-order valence-corrected chi connectivity index (χ3v) is 3.18. The van der Waals surface area contributed by atoms with E-state index in [-0.39, 0.29) is 0 Å². The zero-order valence-corrected chi connectivity index (χ0v) is 10.3. The van der Waals surface area contributed by atoms with Crippen LogP contribution in [0.5, 0.6) is 0 Å². The number of anilines is 2. The van der Waals surface area contributed by atoms with Crippen molar-refractivity contribution in [1.29, 1.82) is 0 Å². The Bertz CT molecular complexity index is 428. The van der Waals surface area contributed by atoms with Crippen LogP contribution in [0, 0.1) is 5.92 Å². The first-order chi connectivity index (χ1) is 8.68. The highest BCUT2D eigenvalue weighted by Gasteiger charge is 2.16. The van der Waals surface area contributed by atoms with Gasteiger partial charge in [0.1, 0.15) is 0 Å². The molecule has 0 spiro atoms. The van der Waals surface area contributed by atoms with Gasteiger partial charge in [0.05, 0.1) is 23.5 Å². The molecule has 0 bridgehead atoms. The summed E-state index contributed by atoms with van der Waals surface area (Å²) in [5, 5.41) is 3.23. The molecule has 1 aromatic carbocycles. The van der Waals surface area contributed by atoms with Gasteiger partial charge in [-0.3, -0.25) is 4.79 Å². The Labute approximate surface area is 106 Å². The molecule has 1 amide bonds. The first kappa shape index (κ1) is 12.7. The van der Waals surface area contributed by atoms with Gasteiger partial charge in [-0.15, -0.1) is 0 Å². The normalized spacial score (nSPS) is 19.4. The predicted molar refractivity (Wildman–Crippen MR) is 71.4 cm³/mol. The van der Waals surface area contributed by atoms with Crippen molar-refractivity contribution in [3.05, 3.63) is 23.8 Å². The maximum absolute atomic E-state index is 11.3. The molecule has 0 radical (unpaired) electrons. The number of ether oxygens (including phenoxy) is 1. The molecule has 5 N–H and O–H groups in total. The van der Waals surface area contributed by atoms with Crippen LogP contribution in [-0.2, 0) is 4.74 Å². The van der Waals surface area contributed by atoms with E-state index in [2.05, 4.69) is 5.32 Å². The highest BCUT2D eigenvalue weighted by atomic mass is 16.5. The second kappa shape index (κ2) is 5.73. The fourth-order valence-electron chi connectivity index (χ4n) is 2.19. The number of nitrogens with one attached hydrogen (secondary N) is 1. The second-order valence-electron chi connectivity index (χ2n) is 4.60. The van der Waals surface area contributed by atoms with Crippen LogP contribution in [0.25, 0.3) is 0 Å². The average molecular weight is 249 g/mol. The number of primary amides is 1. The second-order valence-corrected chi connectivity index (χ2v) is 4.60. The molecule has 98 valence electrons. The lowest BCUT2D eigenvalue weighted by Crippen LogP contribution is -2.25. The molecule has 1 fully saturated rings. The SMILES string of the molecule is NC(=O)c1cccc(N)c1NCC1CCCOC1. The van der Waals surface area contributed by atoms with Gasteiger partial charge in [0.15, 0.2) is 0 Å². The molecular formula is C13H19N3O2. The van der Waals surface area contributed by atoms with Crippen LogP contribution in [0.4, 0.5) is 11.4 Å². The summed E-state index contributed by atoms with van der Waals surface area (Å²) >= 11 is 0. The summed E-state index contributed by atoms with van der Waals surface area (Å²) in [6.45, 7) is 2.34. The van der Waals surface area contributed by atoms with Gasteiger partial charge >= 0.3 is 0 Å². The molecule has 1 aromatic rings. The van der Waals surface area contributed by atoms with Crippen molar-refractivity contribution in [3.8, 4) is 0 Å². The molecule has 1 saturated heterocycles. The third kappa shape index (κ3) is 2.92. The number of carbonyl (C=O) groups is 1. The van der Waals surface area contributed by atoms with E-state index >= 15 is 0 Å². The summed E-state index contributed by atoms with van der Waals surface area (Å²) in [5.41, 5.74) is 12.8. The maximum atomic E-state index is 11.3. The number of rotatable bonds is 4. The van der Waals surface area contributed by atoms with Crippen LogP contribution in [0.2, 0.25) is 0 Å². The molecule has 5 heteroatoms. The highest BCUT2D eigenvalue weighted by Crippen LogP contribution is 2.24. The van der Waals surface area contributed by atoms with Crippen LogP contribution < -0.4 is 16.8 Å². The summed E-state index contributed by atoms with van der Waals surface area (Å²) in [7, 11) is 0. The highest BCUT2D eigenvalue weighted by molar-refractivity contribution is 6.01. The van der Waals surface area contributed by atoms with Gasteiger partial charge in [0, 0.05) is 13.2 Å². The van der Waals surface area contributed by atoms with Crippen LogP contribution in [0.3, 0.4) is 0 Å². The smallest absolute Gasteiger partial charge is 0.250 e. The summed E-state index contributed by atoms with van der Waals surface area (Å²) in [5.74, 6) is -0.0104. The molecule has 1 heterocycles. The minimum absolute atomic E-state index is 0.437. The van der Waals surface area contributed by atoms with E-state index in [1.54, 1.807) is 18.2 Å². The van der Waals surface area contributed by atoms with Gasteiger partial charge in [0.2, 0.25) is 0 Å². The van der Waals surface area contributed by atoms with E-state index in [4.69, 9.17) is 16.2 Å². The van der Waals surface area contributed by atoms with Crippen molar-refractivity contribution in [2.45, 2.75) is 12.8 Å². The number of hydrogen-bond donors (Lipinski definition) is 3. The van der Waals surface area contributed by atoms with Gasteiger partial charge in [-0.25, -0.2) is 0 Å². The van der Waals surface area contributed by atoms with Gasteiger partial charge in [-0.1, -0.05) is 6.07 Å². The Morgan fingerprint density at radius 3 is 3.00 bits per heavy atom. The van der Waals surface area contributed by atoms with Crippen LogP contribution in [-0.4, -0.2) is 25.7 Å². The minimum Gasteiger partial charge on any atom is -0.397 e. The lowest BCUT2D eigenvalue weighted by atomic mass is 10.0. The van der Waals surface area contributed by atoms with E-state index in [9.17, 15) is 4.79 Å². The largest absolute Gasteiger partial charge is 0.397 e. The lowest BCUT2D eigenvalue weighted by Gasteiger charge is -2.23. The molecule has 2 rings (SSSR count). The standard InChI is InChI=1S/C13H19N3O2/c14-11-5-1-4-10(13(15)17)12(11)16-7-9-3-2-6-18-8-9/h1,4-5,9,16H,2-3,6-8,14H2,(H2,15,17). The van der Waals surface area contributed by atoms with Crippen molar-refractivity contribution in [2.75, 3.05) is 30.8 Å². The fourth-order valence-corrected chi connectivity index (χ4v) is 2.19. The van der Waals surface area contributed by atoms with Gasteiger partial charge in [0.25, 0.3) is 5.91 Å². The zero-order valence-electron chi connectivity index (χ0n) is 10.3. The summed E-state index contributed by atoms with van der Waals surface area (Å²) in [6.07, 6.45) is 2.21. The van der Waals surface area contributed by atoms with Gasteiger partial charge in [-0.05, 0) is 30.9 Å². The van der Waals surface area contributed by atoms with E-state index < -0.39 is 5.91 Å². The summed E-state index contributed by atoms with van der Waals surface area (Å²) in [4.78, 5) is 11.3. The van der Waals surface area contributed by atoms with Crippen LogP contribution in [0.15, 0.2) is 18.2 Å². The van der Waals surface area contributed by atoms with E-state index in [0.29, 0.717) is 22.9 Å². The molecule has 1 aliphatic heterocycles. The minimum atomic E-state index is -0.468. The quantitative estimate of drug-likeness (QED) is 0.699. The molecule has 0 aliphatic carbocycles. The van der Waals surface area contributed by atoms with E-state index in [1.165, 1.54) is 0 Å². The number of amides is 1. The van der Waals surface area contributed by atoms with Crippen molar-refractivity contribution >= 4 is 17.3 Å². The maximum Gasteiger partial charge on any atom is 0.250 e. The molecule has 5 nitrogen and oxygen atoms in total. The van der Waals surface area contributed by atoms with Crippen molar-refractivity contribution in [1.82, 2.24) is 0 Å². The first-order valence-corrected chi connectivity index (χ1v) is 6.18. The van der Waals surface area contributed by atoms with Crippen LogP contribution >= 0.6 is 0 Å². The Hall–Kier alpha value is -1.75. The Morgan fingerprint density at radius 2 is 2.33 bits per heavy atom. The molecule has 1 aliphatic rings. The van der Waals surface area contributed by atoms with E-state index in [1.807, 2.05) is 0 Å². The van der Waals surface area contributed by atoms with Crippen LogP contribution in [0.1, 0.15) is 23.2 Å². The molecule has 1 atom stereocenters. The summed E-state index contributed by atoms with van der Waals surface area (Å²) < 4.78 is 5.42. The predicted octanol–water partition coefficient (Wildman–Crippen LogP) is 1.21. The Morgan fingerprint density at radius 1 is 1.50 bits per heavy atom. The van der Waals surface area contributed by atoms with Crippen molar-refractivity contribution in [2.24, 2.45) is 11.7 Å². The first-order valence-electron chi connectivity index (χ1n) is 6.18. The number of carbonyl (C=O) groups excluding carboxylic acids is 1. The third-order valence-electron chi connectivity index (χ3n) is 3.18. The molecule has 0 aromatic heterocycles. The molecule has 18 heavy (non-hydrogen) atoms. The number of benzene rings is 1. The summed E-state index contributed by atoms with van der Waals surface area (Å²) in [6, 6.07) is 5.16. The lowest BCUT2D eigenvalue weighted by molar-refractivity contribution is 0.0595. The molecule has 1 unspecified atom stereocenters. The van der Waals surface area contributed by atoms with Gasteiger partial charge in [-0.2, -0.15) is 0 Å². The topological polar surface area (TPSA) is 90.4 Å². The number of para-hydroxylation sites is 1. The van der Waals surface area contributed by atoms with Crippen molar-refractivity contribution in [3.63, 3.8) is 0 Å². The monoisotopic (exact) mass is 249 g/mol. The Balaban J connectivity index is 2.05. The van der Waals surface area contributed by atoms with Gasteiger partial charge < -0.3 is 21.5 Å². The fraction of sp³-hybridized carbons (Fsp3) is 0.462. The number of nitrogens with two attached hydrogens (primary N) is 2. The zero-order chi connectivity index (χ0) is 13.0. The number of hydrogen-bond acceptors (Lipinski definition) is 4. The molecule has 0 saturated carbocycles. The number of nitrogen functional groups attached to an aromatic ring is 1. The molecular weight excluding hydrogens is 230 g/mol. The van der Waals surface area contributed by atoms with Crippen molar-refractivity contribution < 1.29 is 9.53 Å². The van der Waals surface area contributed by atoms with E-state index in [0.717, 1.165) is 32.6 Å². The average Bonchev–Trinajstić information content (AvgIpc) is 2.38.